The van der Waals surface area contributed by atoms with Crippen molar-refractivity contribution in [2.75, 3.05) is 53.6 Å². The molecule has 0 saturated carbocycles. The van der Waals surface area contributed by atoms with Crippen LogP contribution in [0.3, 0.4) is 0 Å². The topological polar surface area (TPSA) is 113 Å². The number of methoxy groups -OCH3 is 2. The molecule has 0 radical (unpaired) electrons. The van der Waals surface area contributed by atoms with Gasteiger partial charge in [0, 0.05) is 55.6 Å². The Bertz CT molecular complexity index is 1100. The van der Waals surface area contributed by atoms with E-state index in [4.69, 9.17) is 14.2 Å². The molecule has 11 nitrogen and oxygen atoms in total. The monoisotopic (exact) mass is 545 g/mol. The van der Waals surface area contributed by atoms with E-state index in [0.717, 1.165) is 0 Å². The molecule has 2 N–H and O–H groups in total. The molecule has 2 aliphatic heterocycles. The molecule has 0 aromatic heterocycles. The van der Waals surface area contributed by atoms with Crippen LogP contribution >= 0.6 is 0 Å². The third kappa shape index (κ3) is 6.95. The highest BCUT2D eigenvalue weighted by Crippen LogP contribution is 2.38. The number of piperazine rings is 1. The second-order valence-electron chi connectivity index (χ2n) is 10.8. The van der Waals surface area contributed by atoms with Crippen molar-refractivity contribution in [3.63, 3.8) is 0 Å². The van der Waals surface area contributed by atoms with Crippen molar-refractivity contribution in [1.29, 1.82) is 0 Å². The van der Waals surface area contributed by atoms with E-state index < -0.39 is 12.0 Å². The summed E-state index contributed by atoms with van der Waals surface area (Å²) >= 11 is 0. The standard InChI is InChI=1S/C28H43N5O6/c1-9-32-21(17-31-13-14-33(18(3)16-31)27(36)30-28(4,5)6)23(25(34)39-10-2)24(29-26(32)35)20-15-19(37-7)11-12-22(20)38-8/h11-12,15,18,24H,9-10,13-14,16-17H2,1-8H3,(H,29,35)(H,30,36)/t18-,24+/m0/s1. The summed E-state index contributed by atoms with van der Waals surface area (Å²) < 4.78 is 16.5. The first-order valence-electron chi connectivity index (χ1n) is 13.4. The third-order valence-electron chi connectivity index (χ3n) is 6.83. The Labute approximate surface area is 231 Å². The molecule has 1 aromatic carbocycles. The number of ether oxygens (including phenoxy) is 3. The van der Waals surface area contributed by atoms with Crippen LogP contribution in [-0.4, -0.2) is 97.9 Å². The van der Waals surface area contributed by atoms with Crippen LogP contribution in [0.25, 0.3) is 0 Å². The summed E-state index contributed by atoms with van der Waals surface area (Å²) in [4.78, 5) is 45.3. The lowest BCUT2D eigenvalue weighted by Gasteiger charge is -2.43. The van der Waals surface area contributed by atoms with E-state index in [0.29, 0.717) is 61.1 Å². The van der Waals surface area contributed by atoms with Gasteiger partial charge in [-0.1, -0.05) is 0 Å². The van der Waals surface area contributed by atoms with Crippen LogP contribution in [-0.2, 0) is 9.53 Å². The molecule has 3 rings (SSSR count). The van der Waals surface area contributed by atoms with Crippen molar-refractivity contribution in [2.45, 2.75) is 59.2 Å². The second-order valence-corrected chi connectivity index (χ2v) is 10.8. The van der Waals surface area contributed by atoms with Crippen LogP contribution in [0.4, 0.5) is 9.59 Å². The van der Waals surface area contributed by atoms with Crippen LogP contribution < -0.4 is 20.1 Å². The maximum Gasteiger partial charge on any atom is 0.338 e. The lowest BCUT2D eigenvalue weighted by atomic mass is 9.93. The van der Waals surface area contributed by atoms with E-state index in [1.807, 2.05) is 39.5 Å². The molecular formula is C28H43N5O6. The summed E-state index contributed by atoms with van der Waals surface area (Å²) in [7, 11) is 3.10. The number of esters is 1. The number of carbonyl (C=O) groups excluding carboxylic acids is 3. The van der Waals surface area contributed by atoms with E-state index in [1.165, 1.54) is 0 Å². The maximum absolute atomic E-state index is 13.5. The third-order valence-corrected chi connectivity index (χ3v) is 6.83. The molecule has 1 aromatic rings. The molecule has 1 fully saturated rings. The largest absolute Gasteiger partial charge is 0.497 e. The van der Waals surface area contributed by atoms with Crippen molar-refractivity contribution in [3.05, 3.63) is 35.0 Å². The quantitative estimate of drug-likeness (QED) is 0.483. The number of likely N-dealkylation sites (N-methyl/N-ethyl adjacent to an activating group) is 1. The van der Waals surface area contributed by atoms with Gasteiger partial charge in [0.25, 0.3) is 0 Å². The first-order valence-corrected chi connectivity index (χ1v) is 13.4. The van der Waals surface area contributed by atoms with Gasteiger partial charge in [-0.15, -0.1) is 0 Å². The second kappa shape index (κ2) is 12.6. The lowest BCUT2D eigenvalue weighted by Crippen LogP contribution is -2.59. The summed E-state index contributed by atoms with van der Waals surface area (Å²) in [6.45, 7) is 14.1. The minimum atomic E-state index is -0.796. The number of hydrogen-bond donors (Lipinski definition) is 2. The fourth-order valence-electron chi connectivity index (χ4n) is 5.04. The predicted octanol–water partition coefficient (Wildman–Crippen LogP) is 3.12. The molecule has 2 heterocycles. The van der Waals surface area contributed by atoms with Gasteiger partial charge in [-0.25, -0.2) is 14.4 Å². The molecule has 2 atom stereocenters. The average Bonchev–Trinajstić information content (AvgIpc) is 2.87. The van der Waals surface area contributed by atoms with Crippen molar-refractivity contribution in [2.24, 2.45) is 0 Å². The van der Waals surface area contributed by atoms with Crippen molar-refractivity contribution < 1.29 is 28.6 Å². The number of hydrogen-bond acceptors (Lipinski definition) is 7. The summed E-state index contributed by atoms with van der Waals surface area (Å²) in [5.74, 6) is 0.581. The average molecular weight is 546 g/mol. The zero-order chi connectivity index (χ0) is 28.9. The highest BCUT2D eigenvalue weighted by molar-refractivity contribution is 5.95. The first kappa shape index (κ1) is 30.1. The molecular weight excluding hydrogens is 502 g/mol. The fraction of sp³-hybridized carbons (Fsp3) is 0.607. The number of rotatable bonds is 8. The highest BCUT2D eigenvalue weighted by atomic mass is 16.5. The summed E-state index contributed by atoms with van der Waals surface area (Å²) in [6.07, 6.45) is 0. The van der Waals surface area contributed by atoms with Crippen molar-refractivity contribution in [1.82, 2.24) is 25.3 Å². The molecule has 0 unspecified atom stereocenters. The number of benzene rings is 1. The predicted molar refractivity (Wildman–Crippen MR) is 148 cm³/mol. The van der Waals surface area contributed by atoms with Gasteiger partial charge in [0.05, 0.1) is 32.4 Å². The van der Waals surface area contributed by atoms with Gasteiger partial charge in [-0.2, -0.15) is 0 Å². The van der Waals surface area contributed by atoms with E-state index in [1.54, 1.807) is 44.2 Å². The van der Waals surface area contributed by atoms with Gasteiger partial charge in [0.2, 0.25) is 0 Å². The SMILES string of the molecule is CCOC(=O)C1=C(CN2CCN(C(=O)NC(C)(C)C)[C@@H](C)C2)N(CC)C(=O)N[C@@H]1c1cc(OC)ccc1OC. The first-order chi connectivity index (χ1) is 18.4. The molecule has 0 bridgehead atoms. The number of urea groups is 2. The number of nitrogens with one attached hydrogen (secondary N) is 2. The highest BCUT2D eigenvalue weighted by Gasteiger charge is 2.40. The molecule has 4 amide bonds. The van der Waals surface area contributed by atoms with Gasteiger partial charge in [-0.05, 0) is 59.7 Å². The molecule has 39 heavy (non-hydrogen) atoms. The fourth-order valence-corrected chi connectivity index (χ4v) is 5.04. The lowest BCUT2D eigenvalue weighted by molar-refractivity contribution is -0.139. The van der Waals surface area contributed by atoms with Gasteiger partial charge in [-0.3, -0.25) is 9.80 Å². The van der Waals surface area contributed by atoms with Gasteiger partial charge in [0.1, 0.15) is 11.5 Å². The molecule has 2 aliphatic rings. The smallest absolute Gasteiger partial charge is 0.338 e. The summed E-state index contributed by atoms with van der Waals surface area (Å²) in [5, 5.41) is 6.01. The Morgan fingerprint density at radius 3 is 2.41 bits per heavy atom. The molecule has 11 heteroatoms. The van der Waals surface area contributed by atoms with Gasteiger partial charge in [0.15, 0.2) is 0 Å². The van der Waals surface area contributed by atoms with Crippen molar-refractivity contribution >= 4 is 18.0 Å². The minimum Gasteiger partial charge on any atom is -0.497 e. The summed E-state index contributed by atoms with van der Waals surface area (Å²) in [5.41, 5.74) is 1.19. The Morgan fingerprint density at radius 1 is 1.13 bits per heavy atom. The van der Waals surface area contributed by atoms with E-state index in [-0.39, 0.29) is 30.2 Å². The maximum atomic E-state index is 13.5. The van der Waals surface area contributed by atoms with E-state index >= 15 is 0 Å². The number of amides is 4. The van der Waals surface area contributed by atoms with E-state index in [2.05, 4.69) is 15.5 Å². The van der Waals surface area contributed by atoms with Gasteiger partial charge < -0.3 is 29.7 Å². The van der Waals surface area contributed by atoms with Crippen LogP contribution in [0.1, 0.15) is 53.1 Å². The Morgan fingerprint density at radius 2 is 1.85 bits per heavy atom. The molecule has 216 valence electrons. The van der Waals surface area contributed by atoms with Crippen LogP contribution in [0.5, 0.6) is 11.5 Å². The zero-order valence-electron chi connectivity index (χ0n) is 24.4. The minimum absolute atomic E-state index is 0.0606. The Balaban J connectivity index is 2.01. The van der Waals surface area contributed by atoms with Gasteiger partial charge >= 0.3 is 18.0 Å². The van der Waals surface area contributed by atoms with Crippen LogP contribution in [0.2, 0.25) is 0 Å². The summed E-state index contributed by atoms with van der Waals surface area (Å²) in [6, 6.07) is 4.00. The normalized spacial score (nSPS) is 20.5. The molecule has 0 spiro atoms. The zero-order valence-corrected chi connectivity index (χ0v) is 24.4. The molecule has 1 saturated heterocycles. The van der Waals surface area contributed by atoms with Crippen molar-refractivity contribution in [3.8, 4) is 11.5 Å². The van der Waals surface area contributed by atoms with Crippen LogP contribution in [0.15, 0.2) is 29.5 Å². The molecule has 0 aliphatic carbocycles. The Hall–Kier alpha value is -3.47. The van der Waals surface area contributed by atoms with Crippen LogP contribution in [0, 0.1) is 0 Å². The Kier molecular flexibility index (Phi) is 9.71. The number of nitrogens with zero attached hydrogens (tertiary/aromatic N) is 3. The number of carbonyl (C=O) groups is 3. The van der Waals surface area contributed by atoms with E-state index in [9.17, 15) is 14.4 Å².